The van der Waals surface area contributed by atoms with E-state index in [9.17, 15) is 9.18 Å². The Morgan fingerprint density at radius 2 is 1.96 bits per heavy atom. The van der Waals surface area contributed by atoms with E-state index in [0.717, 1.165) is 11.1 Å². The van der Waals surface area contributed by atoms with Crippen molar-refractivity contribution in [3.63, 3.8) is 0 Å². The Kier molecular flexibility index (Phi) is 5.02. The monoisotopic (exact) mass is 366 g/mol. The number of nitrogens with one attached hydrogen (secondary N) is 1. The summed E-state index contributed by atoms with van der Waals surface area (Å²) in [7, 11) is 0. The Hall–Kier alpha value is -2.11. The summed E-state index contributed by atoms with van der Waals surface area (Å²) in [5, 5.41) is 7.58. The minimum absolute atomic E-state index is 0.276. The van der Waals surface area contributed by atoms with Crippen molar-refractivity contribution >= 4 is 34.8 Å². The zero-order valence-corrected chi connectivity index (χ0v) is 13.9. The van der Waals surface area contributed by atoms with Crippen molar-refractivity contribution in [2.45, 2.75) is 19.1 Å². The number of rotatable bonds is 4. The fourth-order valence-corrected chi connectivity index (χ4v) is 2.60. The van der Waals surface area contributed by atoms with Crippen LogP contribution in [-0.4, -0.2) is 17.7 Å². The number of oxime groups is 1. The van der Waals surface area contributed by atoms with Gasteiger partial charge in [-0.25, -0.2) is 4.39 Å². The summed E-state index contributed by atoms with van der Waals surface area (Å²) in [6, 6.07) is 11.0. The van der Waals surface area contributed by atoms with Gasteiger partial charge in [-0.2, -0.15) is 0 Å². The Bertz CT molecular complexity index is 794. The van der Waals surface area contributed by atoms with Gasteiger partial charge >= 0.3 is 0 Å². The second kappa shape index (κ2) is 7.20. The minimum Gasteiger partial charge on any atom is -0.382 e. The second-order valence-corrected chi connectivity index (χ2v) is 6.12. The highest BCUT2D eigenvalue weighted by Gasteiger charge is 2.28. The van der Waals surface area contributed by atoms with Crippen LogP contribution in [0.4, 0.5) is 4.39 Å². The van der Waals surface area contributed by atoms with Crippen LogP contribution in [0.25, 0.3) is 0 Å². The molecular weight excluding hydrogens is 354 g/mol. The lowest BCUT2D eigenvalue weighted by molar-refractivity contribution is -0.131. The van der Waals surface area contributed by atoms with Crippen molar-refractivity contribution in [1.82, 2.24) is 5.32 Å². The predicted octanol–water partition coefficient (Wildman–Crippen LogP) is 3.94. The van der Waals surface area contributed by atoms with E-state index in [-0.39, 0.29) is 11.7 Å². The molecule has 1 unspecified atom stereocenters. The van der Waals surface area contributed by atoms with E-state index in [1.165, 1.54) is 12.1 Å². The molecule has 1 heterocycles. The standard InChI is InChI=1S/C17H13Cl2FN2O2/c18-13-6-1-10(7-14(13)19)9-21-17(23)16-8-15(22-24-16)11-2-4-12(20)5-3-11/h1-7,16H,8-9H2,(H,21,23). The quantitative estimate of drug-likeness (QED) is 0.890. The lowest BCUT2D eigenvalue weighted by atomic mass is 10.0. The second-order valence-electron chi connectivity index (χ2n) is 5.31. The highest BCUT2D eigenvalue weighted by molar-refractivity contribution is 6.42. The molecule has 4 nitrogen and oxygen atoms in total. The normalized spacial score (nSPS) is 16.5. The molecule has 1 aliphatic rings. The molecule has 0 saturated carbocycles. The molecule has 1 amide bonds. The summed E-state index contributed by atoms with van der Waals surface area (Å²) in [5.74, 6) is -0.601. The third-order valence-electron chi connectivity index (χ3n) is 3.59. The Balaban J connectivity index is 1.55. The number of carbonyl (C=O) groups is 1. The fourth-order valence-electron chi connectivity index (χ4n) is 2.28. The van der Waals surface area contributed by atoms with Gasteiger partial charge in [0.05, 0.1) is 15.8 Å². The van der Waals surface area contributed by atoms with Crippen molar-refractivity contribution in [2.24, 2.45) is 5.16 Å². The maximum absolute atomic E-state index is 12.9. The van der Waals surface area contributed by atoms with Crippen molar-refractivity contribution in [2.75, 3.05) is 0 Å². The summed E-state index contributed by atoms with van der Waals surface area (Å²) in [6.07, 6.45) is -0.369. The third kappa shape index (κ3) is 3.86. The third-order valence-corrected chi connectivity index (χ3v) is 4.33. The fraction of sp³-hybridized carbons (Fsp3) is 0.176. The number of halogens is 3. The van der Waals surface area contributed by atoms with E-state index in [1.54, 1.807) is 30.3 Å². The number of amides is 1. The van der Waals surface area contributed by atoms with Crippen molar-refractivity contribution in [3.05, 3.63) is 69.5 Å². The van der Waals surface area contributed by atoms with Gasteiger partial charge in [0.1, 0.15) is 5.82 Å². The molecular formula is C17H13Cl2FN2O2. The van der Waals surface area contributed by atoms with Crippen LogP contribution in [0.15, 0.2) is 47.6 Å². The van der Waals surface area contributed by atoms with Crippen molar-refractivity contribution in [1.29, 1.82) is 0 Å². The van der Waals surface area contributed by atoms with Crippen LogP contribution in [0.3, 0.4) is 0 Å². The molecule has 24 heavy (non-hydrogen) atoms. The first kappa shape index (κ1) is 16.7. The average molecular weight is 367 g/mol. The number of hydrogen-bond donors (Lipinski definition) is 1. The number of hydrogen-bond acceptors (Lipinski definition) is 3. The van der Waals surface area contributed by atoms with Crippen LogP contribution in [-0.2, 0) is 16.2 Å². The lowest BCUT2D eigenvalue weighted by Gasteiger charge is -2.10. The number of nitrogens with zero attached hydrogens (tertiary/aromatic N) is 1. The molecule has 7 heteroatoms. The van der Waals surface area contributed by atoms with Crippen LogP contribution < -0.4 is 5.32 Å². The lowest BCUT2D eigenvalue weighted by Crippen LogP contribution is -2.34. The largest absolute Gasteiger partial charge is 0.382 e. The van der Waals surface area contributed by atoms with E-state index >= 15 is 0 Å². The smallest absolute Gasteiger partial charge is 0.264 e. The summed E-state index contributed by atoms with van der Waals surface area (Å²) >= 11 is 11.8. The zero-order chi connectivity index (χ0) is 17.1. The SMILES string of the molecule is O=C(NCc1ccc(Cl)c(Cl)c1)C1CC(c2ccc(F)cc2)=NO1. The highest BCUT2D eigenvalue weighted by Crippen LogP contribution is 2.22. The van der Waals surface area contributed by atoms with Crippen LogP contribution in [0, 0.1) is 5.82 Å². The Morgan fingerprint density at radius 3 is 2.67 bits per heavy atom. The van der Waals surface area contributed by atoms with Gasteiger partial charge in [-0.1, -0.05) is 46.6 Å². The number of benzene rings is 2. The van der Waals surface area contributed by atoms with Crippen LogP contribution in [0.5, 0.6) is 0 Å². The molecule has 1 N–H and O–H groups in total. The zero-order valence-electron chi connectivity index (χ0n) is 12.4. The molecule has 0 aliphatic carbocycles. The summed E-state index contributed by atoms with van der Waals surface area (Å²) in [5.41, 5.74) is 2.18. The average Bonchev–Trinajstić information content (AvgIpc) is 3.06. The minimum atomic E-state index is -0.701. The van der Waals surface area contributed by atoms with Crippen molar-refractivity contribution in [3.8, 4) is 0 Å². The van der Waals surface area contributed by atoms with Gasteiger partial charge in [0.25, 0.3) is 5.91 Å². The summed E-state index contributed by atoms with van der Waals surface area (Å²) in [6.45, 7) is 0.307. The topological polar surface area (TPSA) is 50.7 Å². The first-order valence-electron chi connectivity index (χ1n) is 7.23. The first-order valence-corrected chi connectivity index (χ1v) is 7.99. The van der Waals surface area contributed by atoms with E-state index in [0.29, 0.717) is 28.7 Å². The predicted molar refractivity (Wildman–Crippen MR) is 90.7 cm³/mol. The molecule has 0 aromatic heterocycles. The highest BCUT2D eigenvalue weighted by atomic mass is 35.5. The van der Waals surface area contributed by atoms with Gasteiger partial charge in [-0.3, -0.25) is 4.79 Å². The van der Waals surface area contributed by atoms with Gasteiger partial charge in [0.15, 0.2) is 0 Å². The summed E-state index contributed by atoms with van der Waals surface area (Å²) in [4.78, 5) is 17.4. The van der Waals surface area contributed by atoms with Crippen LogP contribution in [0.1, 0.15) is 17.5 Å². The van der Waals surface area contributed by atoms with Gasteiger partial charge in [0.2, 0.25) is 6.10 Å². The van der Waals surface area contributed by atoms with Crippen LogP contribution in [0.2, 0.25) is 10.0 Å². The molecule has 3 rings (SSSR count). The van der Waals surface area contributed by atoms with Gasteiger partial charge in [-0.05, 0) is 35.4 Å². The Labute approximate surface area is 148 Å². The van der Waals surface area contributed by atoms with Gasteiger partial charge in [0, 0.05) is 13.0 Å². The summed E-state index contributed by atoms with van der Waals surface area (Å²) < 4.78 is 12.9. The number of carbonyl (C=O) groups excluding carboxylic acids is 1. The van der Waals surface area contributed by atoms with E-state index in [4.69, 9.17) is 28.0 Å². The maximum Gasteiger partial charge on any atom is 0.264 e. The maximum atomic E-state index is 12.9. The molecule has 1 atom stereocenters. The van der Waals surface area contributed by atoms with Gasteiger partial charge < -0.3 is 10.2 Å². The van der Waals surface area contributed by atoms with E-state index in [1.807, 2.05) is 0 Å². The van der Waals surface area contributed by atoms with Crippen LogP contribution >= 0.6 is 23.2 Å². The molecule has 0 spiro atoms. The molecule has 2 aromatic rings. The molecule has 124 valence electrons. The first-order chi connectivity index (χ1) is 11.5. The molecule has 1 aliphatic heterocycles. The molecule has 0 bridgehead atoms. The molecule has 0 radical (unpaired) electrons. The van der Waals surface area contributed by atoms with Crippen molar-refractivity contribution < 1.29 is 14.0 Å². The van der Waals surface area contributed by atoms with Gasteiger partial charge in [-0.15, -0.1) is 0 Å². The molecule has 2 aromatic carbocycles. The Morgan fingerprint density at radius 1 is 1.21 bits per heavy atom. The van der Waals surface area contributed by atoms with E-state index in [2.05, 4.69) is 10.5 Å². The molecule has 0 saturated heterocycles. The van der Waals surface area contributed by atoms with E-state index < -0.39 is 6.10 Å². The molecule has 0 fully saturated rings.